The predicted molar refractivity (Wildman–Crippen MR) is 61.0 cm³/mol. The van der Waals surface area contributed by atoms with Crippen molar-refractivity contribution < 1.29 is 0 Å². The normalized spacial score (nSPS) is 16.1. The van der Waals surface area contributed by atoms with Gasteiger partial charge in [0.2, 0.25) is 0 Å². The zero-order chi connectivity index (χ0) is 10.1. The van der Waals surface area contributed by atoms with E-state index in [-0.39, 0.29) is 0 Å². The molecule has 15 heavy (non-hydrogen) atoms. The highest BCUT2D eigenvalue weighted by Gasteiger charge is 2.15. The highest BCUT2D eigenvalue weighted by atomic mass is 15.1. The fraction of sp³-hybridized carbons (Fsp3) is 0.333. The van der Waals surface area contributed by atoms with Gasteiger partial charge in [-0.25, -0.2) is 0 Å². The molecule has 0 aliphatic carbocycles. The third kappa shape index (κ3) is 1.44. The van der Waals surface area contributed by atoms with E-state index < -0.39 is 0 Å². The first-order valence-electron chi connectivity index (χ1n) is 5.40. The lowest BCUT2D eigenvalue weighted by Crippen LogP contribution is -2.18. The van der Waals surface area contributed by atoms with E-state index in [4.69, 9.17) is 0 Å². The van der Waals surface area contributed by atoms with Crippen molar-refractivity contribution in [3.8, 4) is 0 Å². The van der Waals surface area contributed by atoms with E-state index in [1.807, 2.05) is 6.07 Å². The number of rotatable bonds is 1. The number of para-hydroxylation sites is 1. The maximum Gasteiger partial charge on any atom is 0.112 e. The number of nitrogens with zero attached hydrogens (tertiary/aromatic N) is 3. The molecule has 0 spiro atoms. The van der Waals surface area contributed by atoms with Crippen molar-refractivity contribution >= 4 is 16.7 Å². The summed E-state index contributed by atoms with van der Waals surface area (Å²) in [6, 6.07) is 6.22. The molecule has 3 heteroatoms. The molecule has 1 aromatic heterocycles. The Morgan fingerprint density at radius 2 is 1.80 bits per heavy atom. The van der Waals surface area contributed by atoms with Gasteiger partial charge in [-0.05, 0) is 25.0 Å². The maximum absolute atomic E-state index is 4.42. The molecule has 2 heterocycles. The van der Waals surface area contributed by atoms with E-state index in [2.05, 4.69) is 27.0 Å². The van der Waals surface area contributed by atoms with Crippen molar-refractivity contribution in [2.45, 2.75) is 12.8 Å². The molecular formula is C12H13N3. The second-order valence-electron chi connectivity index (χ2n) is 3.90. The van der Waals surface area contributed by atoms with Gasteiger partial charge in [-0.1, -0.05) is 6.07 Å². The van der Waals surface area contributed by atoms with Crippen LogP contribution < -0.4 is 4.90 Å². The summed E-state index contributed by atoms with van der Waals surface area (Å²) < 4.78 is 0. The Balaban J connectivity index is 2.16. The summed E-state index contributed by atoms with van der Waals surface area (Å²) in [7, 11) is 0. The Bertz CT molecular complexity index is 470. The Kier molecular flexibility index (Phi) is 2.02. The molecule has 0 bridgehead atoms. The third-order valence-electron chi connectivity index (χ3n) is 2.92. The number of hydrogen-bond acceptors (Lipinski definition) is 3. The second-order valence-corrected chi connectivity index (χ2v) is 3.90. The van der Waals surface area contributed by atoms with Crippen LogP contribution in [0.5, 0.6) is 0 Å². The van der Waals surface area contributed by atoms with Crippen LogP contribution in [-0.2, 0) is 0 Å². The maximum atomic E-state index is 4.42. The molecule has 76 valence electrons. The lowest BCUT2D eigenvalue weighted by molar-refractivity contribution is 0.949. The predicted octanol–water partition coefficient (Wildman–Crippen LogP) is 2.23. The number of aromatic nitrogens is 2. The molecule has 0 amide bonds. The van der Waals surface area contributed by atoms with Gasteiger partial charge in [0, 0.05) is 25.5 Å². The van der Waals surface area contributed by atoms with Gasteiger partial charge in [-0.2, -0.15) is 0 Å². The van der Waals surface area contributed by atoms with Crippen molar-refractivity contribution in [3.05, 3.63) is 30.6 Å². The SMILES string of the molecule is c1cc(N2CCCC2)c2nccnc2c1. The molecule has 0 atom stereocenters. The van der Waals surface area contributed by atoms with Crippen LogP contribution >= 0.6 is 0 Å². The van der Waals surface area contributed by atoms with Gasteiger partial charge < -0.3 is 4.90 Å². The molecule has 0 saturated carbocycles. The molecule has 1 aromatic carbocycles. The fourth-order valence-corrected chi connectivity index (χ4v) is 2.19. The number of fused-ring (bicyclic) bond motifs is 1. The van der Waals surface area contributed by atoms with E-state index in [1.54, 1.807) is 12.4 Å². The minimum absolute atomic E-state index is 0.988. The summed E-state index contributed by atoms with van der Waals surface area (Å²) in [5.41, 5.74) is 3.25. The summed E-state index contributed by atoms with van der Waals surface area (Å²) in [4.78, 5) is 11.1. The molecule has 0 unspecified atom stereocenters. The Morgan fingerprint density at radius 1 is 1.00 bits per heavy atom. The van der Waals surface area contributed by atoms with Crippen LogP contribution in [0.25, 0.3) is 11.0 Å². The summed E-state index contributed by atoms with van der Waals surface area (Å²) in [5.74, 6) is 0. The molecule has 1 saturated heterocycles. The van der Waals surface area contributed by atoms with Crippen LogP contribution in [0.2, 0.25) is 0 Å². The van der Waals surface area contributed by atoms with Gasteiger partial charge in [-0.3, -0.25) is 9.97 Å². The van der Waals surface area contributed by atoms with Crippen LogP contribution in [0, 0.1) is 0 Å². The zero-order valence-corrected chi connectivity index (χ0v) is 8.56. The van der Waals surface area contributed by atoms with E-state index in [1.165, 1.54) is 18.5 Å². The van der Waals surface area contributed by atoms with Crippen LogP contribution in [-0.4, -0.2) is 23.1 Å². The Labute approximate surface area is 88.8 Å². The monoisotopic (exact) mass is 199 g/mol. The molecule has 1 aliphatic rings. The first-order valence-corrected chi connectivity index (χ1v) is 5.40. The molecule has 1 aliphatic heterocycles. The molecule has 1 fully saturated rings. The average Bonchev–Trinajstić information content (AvgIpc) is 2.82. The van der Waals surface area contributed by atoms with Crippen LogP contribution in [0.1, 0.15) is 12.8 Å². The largest absolute Gasteiger partial charge is 0.370 e. The van der Waals surface area contributed by atoms with Crippen molar-refractivity contribution in [1.82, 2.24) is 9.97 Å². The summed E-state index contributed by atoms with van der Waals surface area (Å²) in [6.45, 7) is 2.30. The van der Waals surface area contributed by atoms with Crippen LogP contribution in [0.3, 0.4) is 0 Å². The second kappa shape index (κ2) is 3.50. The number of benzene rings is 1. The first kappa shape index (κ1) is 8.65. The molecular weight excluding hydrogens is 186 g/mol. The Morgan fingerprint density at radius 3 is 2.67 bits per heavy atom. The van der Waals surface area contributed by atoms with Gasteiger partial charge in [0.25, 0.3) is 0 Å². The quantitative estimate of drug-likeness (QED) is 0.705. The van der Waals surface area contributed by atoms with Gasteiger partial charge in [-0.15, -0.1) is 0 Å². The van der Waals surface area contributed by atoms with Crippen molar-refractivity contribution in [2.24, 2.45) is 0 Å². The smallest absolute Gasteiger partial charge is 0.112 e. The van der Waals surface area contributed by atoms with Gasteiger partial charge >= 0.3 is 0 Å². The van der Waals surface area contributed by atoms with Gasteiger partial charge in [0.15, 0.2) is 0 Å². The van der Waals surface area contributed by atoms with Crippen molar-refractivity contribution in [1.29, 1.82) is 0 Å². The Hall–Kier alpha value is -1.64. The number of hydrogen-bond donors (Lipinski definition) is 0. The van der Waals surface area contributed by atoms with Gasteiger partial charge in [0.05, 0.1) is 11.2 Å². The van der Waals surface area contributed by atoms with Crippen LogP contribution in [0.4, 0.5) is 5.69 Å². The fourth-order valence-electron chi connectivity index (χ4n) is 2.19. The lowest BCUT2D eigenvalue weighted by Gasteiger charge is -2.18. The lowest BCUT2D eigenvalue weighted by atomic mass is 10.2. The average molecular weight is 199 g/mol. The topological polar surface area (TPSA) is 29.0 Å². The molecule has 3 rings (SSSR count). The minimum Gasteiger partial charge on any atom is -0.370 e. The van der Waals surface area contributed by atoms with E-state index in [0.29, 0.717) is 0 Å². The van der Waals surface area contributed by atoms with E-state index >= 15 is 0 Å². The molecule has 2 aromatic rings. The highest BCUT2D eigenvalue weighted by molar-refractivity contribution is 5.88. The standard InChI is InChI=1S/C12H13N3/c1-2-9-15(8-1)11-5-3-4-10-12(11)14-7-6-13-10/h3-7H,1-2,8-9H2. The zero-order valence-electron chi connectivity index (χ0n) is 8.56. The number of anilines is 1. The molecule has 3 nitrogen and oxygen atoms in total. The van der Waals surface area contributed by atoms with Gasteiger partial charge in [0.1, 0.15) is 5.52 Å². The molecule has 0 N–H and O–H groups in total. The summed E-state index contributed by atoms with van der Waals surface area (Å²) >= 11 is 0. The highest BCUT2D eigenvalue weighted by Crippen LogP contribution is 2.26. The van der Waals surface area contributed by atoms with Crippen molar-refractivity contribution in [3.63, 3.8) is 0 Å². The third-order valence-corrected chi connectivity index (χ3v) is 2.92. The minimum atomic E-state index is 0.988. The first-order chi connectivity index (χ1) is 7.45. The summed E-state index contributed by atoms with van der Waals surface area (Å²) in [6.07, 6.45) is 6.09. The van der Waals surface area contributed by atoms with E-state index in [0.717, 1.165) is 24.1 Å². The van der Waals surface area contributed by atoms with Crippen LogP contribution in [0.15, 0.2) is 30.6 Å². The molecule has 0 radical (unpaired) electrons. The van der Waals surface area contributed by atoms with Crippen molar-refractivity contribution in [2.75, 3.05) is 18.0 Å². The summed E-state index contributed by atoms with van der Waals surface area (Å²) in [5, 5.41) is 0. The van der Waals surface area contributed by atoms with E-state index in [9.17, 15) is 0 Å².